The van der Waals surface area contributed by atoms with E-state index in [0.29, 0.717) is 11.5 Å². The van der Waals surface area contributed by atoms with Gasteiger partial charge in [0.25, 0.3) is 5.91 Å². The van der Waals surface area contributed by atoms with Gasteiger partial charge in [-0.2, -0.15) is 0 Å². The second kappa shape index (κ2) is 9.07. The minimum absolute atomic E-state index is 0.146. The lowest BCUT2D eigenvalue weighted by molar-refractivity contribution is -0.123. The van der Waals surface area contributed by atoms with Crippen LogP contribution in [0.5, 0.6) is 11.5 Å². The van der Waals surface area contributed by atoms with E-state index in [1.54, 1.807) is 18.2 Å². The van der Waals surface area contributed by atoms with Crippen LogP contribution in [0.4, 0.5) is 5.69 Å². The zero-order chi connectivity index (χ0) is 20.0. The Bertz CT molecular complexity index is 809. The SMILES string of the molecule is CCc1cccc(C)c1NC(=O)[C@H](C)OC(=O)c1c(OC)cccc1OC. The molecule has 6 heteroatoms. The van der Waals surface area contributed by atoms with Crippen LogP contribution in [0.1, 0.15) is 35.3 Å². The number of amides is 1. The lowest BCUT2D eigenvalue weighted by Crippen LogP contribution is -2.30. The Morgan fingerprint density at radius 3 is 2.19 bits per heavy atom. The molecule has 2 aromatic rings. The third kappa shape index (κ3) is 4.58. The number of esters is 1. The van der Waals surface area contributed by atoms with E-state index in [2.05, 4.69) is 5.32 Å². The molecule has 144 valence electrons. The Hall–Kier alpha value is -3.02. The van der Waals surface area contributed by atoms with Crippen LogP contribution in [-0.2, 0) is 16.0 Å². The highest BCUT2D eigenvalue weighted by Gasteiger charge is 2.25. The summed E-state index contributed by atoms with van der Waals surface area (Å²) in [4.78, 5) is 25.2. The second-order valence-electron chi connectivity index (χ2n) is 6.04. The molecule has 27 heavy (non-hydrogen) atoms. The molecule has 2 aromatic carbocycles. The van der Waals surface area contributed by atoms with Crippen LogP contribution in [-0.4, -0.2) is 32.2 Å². The summed E-state index contributed by atoms with van der Waals surface area (Å²) in [5.41, 5.74) is 2.87. The number of carbonyl (C=O) groups is 2. The third-order valence-electron chi connectivity index (χ3n) is 4.27. The first-order valence-corrected chi connectivity index (χ1v) is 8.74. The maximum atomic E-state index is 12.6. The zero-order valence-corrected chi connectivity index (χ0v) is 16.3. The highest BCUT2D eigenvalue weighted by Crippen LogP contribution is 2.29. The first kappa shape index (κ1) is 20.3. The molecule has 0 aliphatic heterocycles. The van der Waals surface area contributed by atoms with Crippen molar-refractivity contribution in [3.8, 4) is 11.5 Å². The standard InChI is InChI=1S/C21H25NO5/c1-6-15-10-7-9-13(2)19(15)22-20(23)14(3)27-21(24)18-16(25-4)11-8-12-17(18)26-5/h7-12,14H,6H2,1-5H3,(H,22,23)/t14-/m0/s1. The molecule has 0 spiro atoms. The molecule has 6 nitrogen and oxygen atoms in total. The van der Waals surface area contributed by atoms with Crippen molar-refractivity contribution in [2.24, 2.45) is 0 Å². The number of aryl methyl sites for hydroxylation is 2. The van der Waals surface area contributed by atoms with Gasteiger partial charge >= 0.3 is 5.97 Å². The number of para-hydroxylation sites is 1. The lowest BCUT2D eigenvalue weighted by atomic mass is 10.1. The van der Waals surface area contributed by atoms with Crippen molar-refractivity contribution in [2.45, 2.75) is 33.3 Å². The fourth-order valence-corrected chi connectivity index (χ4v) is 2.75. The molecule has 0 aromatic heterocycles. The fraction of sp³-hybridized carbons (Fsp3) is 0.333. The van der Waals surface area contributed by atoms with E-state index in [9.17, 15) is 9.59 Å². The zero-order valence-electron chi connectivity index (χ0n) is 16.3. The highest BCUT2D eigenvalue weighted by molar-refractivity contribution is 6.00. The molecular weight excluding hydrogens is 346 g/mol. The molecule has 0 saturated carbocycles. The van der Waals surface area contributed by atoms with Gasteiger partial charge in [0, 0.05) is 5.69 Å². The number of rotatable bonds is 7. The summed E-state index contributed by atoms with van der Waals surface area (Å²) in [5, 5.41) is 2.86. The minimum atomic E-state index is -0.989. The number of carbonyl (C=O) groups excluding carboxylic acids is 2. The van der Waals surface area contributed by atoms with Crippen LogP contribution in [0.2, 0.25) is 0 Å². The number of anilines is 1. The molecule has 1 N–H and O–H groups in total. The number of benzene rings is 2. The van der Waals surface area contributed by atoms with Crippen LogP contribution in [0.25, 0.3) is 0 Å². The summed E-state index contributed by atoms with van der Waals surface area (Å²) >= 11 is 0. The Balaban J connectivity index is 2.17. The van der Waals surface area contributed by atoms with E-state index in [1.807, 2.05) is 32.0 Å². The van der Waals surface area contributed by atoms with Gasteiger partial charge in [-0.25, -0.2) is 4.79 Å². The van der Waals surface area contributed by atoms with Crippen molar-refractivity contribution in [3.63, 3.8) is 0 Å². The van der Waals surface area contributed by atoms with Crippen LogP contribution >= 0.6 is 0 Å². The van der Waals surface area contributed by atoms with E-state index >= 15 is 0 Å². The summed E-state index contributed by atoms with van der Waals surface area (Å²) in [7, 11) is 2.90. The Morgan fingerprint density at radius 2 is 1.63 bits per heavy atom. The molecule has 0 unspecified atom stereocenters. The molecule has 0 radical (unpaired) electrons. The molecule has 0 heterocycles. The van der Waals surface area contributed by atoms with Crippen molar-refractivity contribution in [3.05, 3.63) is 53.1 Å². The van der Waals surface area contributed by atoms with Crippen LogP contribution < -0.4 is 14.8 Å². The molecule has 1 atom stereocenters. The summed E-state index contributed by atoms with van der Waals surface area (Å²) in [6.45, 7) is 5.46. The summed E-state index contributed by atoms with van der Waals surface area (Å²) in [6, 6.07) is 10.8. The maximum absolute atomic E-state index is 12.6. The van der Waals surface area contributed by atoms with Gasteiger partial charge in [-0.05, 0) is 43.5 Å². The molecule has 2 rings (SSSR count). The lowest BCUT2D eigenvalue weighted by Gasteiger charge is -2.18. The van der Waals surface area contributed by atoms with Gasteiger partial charge in [-0.1, -0.05) is 31.2 Å². The predicted molar refractivity (Wildman–Crippen MR) is 104 cm³/mol. The fourth-order valence-electron chi connectivity index (χ4n) is 2.75. The van der Waals surface area contributed by atoms with Crippen molar-refractivity contribution in [1.29, 1.82) is 0 Å². The minimum Gasteiger partial charge on any atom is -0.496 e. The molecule has 0 bridgehead atoms. The van der Waals surface area contributed by atoms with Crippen molar-refractivity contribution in [2.75, 3.05) is 19.5 Å². The number of ether oxygens (including phenoxy) is 3. The molecule has 0 fully saturated rings. The quantitative estimate of drug-likeness (QED) is 0.750. The van der Waals surface area contributed by atoms with E-state index in [1.165, 1.54) is 21.1 Å². The Labute approximate surface area is 159 Å². The van der Waals surface area contributed by atoms with Crippen molar-refractivity contribution in [1.82, 2.24) is 0 Å². The number of nitrogens with one attached hydrogen (secondary N) is 1. The normalized spacial score (nSPS) is 11.4. The van der Waals surface area contributed by atoms with E-state index in [-0.39, 0.29) is 5.56 Å². The van der Waals surface area contributed by atoms with Gasteiger partial charge in [-0.15, -0.1) is 0 Å². The topological polar surface area (TPSA) is 73.9 Å². The predicted octanol–water partition coefficient (Wildman–Crippen LogP) is 3.76. The van der Waals surface area contributed by atoms with Gasteiger partial charge in [0.2, 0.25) is 0 Å². The number of hydrogen-bond acceptors (Lipinski definition) is 5. The van der Waals surface area contributed by atoms with Gasteiger partial charge in [0.05, 0.1) is 14.2 Å². The largest absolute Gasteiger partial charge is 0.496 e. The third-order valence-corrected chi connectivity index (χ3v) is 4.27. The van der Waals surface area contributed by atoms with Gasteiger partial charge < -0.3 is 19.5 Å². The van der Waals surface area contributed by atoms with Crippen LogP contribution in [0, 0.1) is 6.92 Å². The first-order chi connectivity index (χ1) is 12.9. The molecule has 0 aliphatic carbocycles. The first-order valence-electron chi connectivity index (χ1n) is 8.74. The van der Waals surface area contributed by atoms with E-state index in [0.717, 1.165) is 23.2 Å². The van der Waals surface area contributed by atoms with E-state index < -0.39 is 18.0 Å². The second-order valence-corrected chi connectivity index (χ2v) is 6.04. The number of hydrogen-bond donors (Lipinski definition) is 1. The van der Waals surface area contributed by atoms with Gasteiger partial charge in [-0.3, -0.25) is 4.79 Å². The monoisotopic (exact) mass is 371 g/mol. The average molecular weight is 371 g/mol. The Morgan fingerprint density at radius 1 is 1.04 bits per heavy atom. The number of methoxy groups -OCH3 is 2. The van der Waals surface area contributed by atoms with Crippen LogP contribution in [0.15, 0.2) is 36.4 Å². The van der Waals surface area contributed by atoms with Gasteiger partial charge in [0.1, 0.15) is 17.1 Å². The molecular formula is C21H25NO5. The molecule has 1 amide bonds. The summed E-state index contributed by atoms with van der Waals surface area (Å²) in [5.74, 6) is -0.452. The summed E-state index contributed by atoms with van der Waals surface area (Å²) < 4.78 is 15.8. The van der Waals surface area contributed by atoms with Crippen LogP contribution in [0.3, 0.4) is 0 Å². The summed E-state index contributed by atoms with van der Waals surface area (Å²) in [6.07, 6.45) is -0.208. The maximum Gasteiger partial charge on any atom is 0.346 e. The smallest absolute Gasteiger partial charge is 0.346 e. The molecule has 0 saturated heterocycles. The average Bonchev–Trinajstić information content (AvgIpc) is 2.68. The van der Waals surface area contributed by atoms with E-state index in [4.69, 9.17) is 14.2 Å². The van der Waals surface area contributed by atoms with Crippen molar-refractivity contribution < 1.29 is 23.8 Å². The van der Waals surface area contributed by atoms with Gasteiger partial charge in [0.15, 0.2) is 6.10 Å². The molecule has 0 aliphatic rings. The highest BCUT2D eigenvalue weighted by atomic mass is 16.6. The van der Waals surface area contributed by atoms with Crippen molar-refractivity contribution >= 4 is 17.6 Å². The Kier molecular flexibility index (Phi) is 6.82.